The van der Waals surface area contributed by atoms with Gasteiger partial charge >= 0.3 is 0 Å². The van der Waals surface area contributed by atoms with Gasteiger partial charge in [0.15, 0.2) is 0 Å². The van der Waals surface area contributed by atoms with Crippen LogP contribution in [0.15, 0.2) is 0 Å². The smallest absolute Gasteiger partial charge is 0.0608 e. The standard InChI is InChI=1S/C28H52N2O4/c31-21-11-13-23(25(33)17-21)27(19-7-3-1-4-8-19)29-15-16-30-28(20-9-5-2-6-10-20)24-14-12-22(32)18-26(24)34/h19-34H,1-18H2. The fraction of sp³-hybridized carbons (Fsp3) is 1.00. The Morgan fingerprint density at radius 3 is 1.24 bits per heavy atom. The molecule has 0 spiro atoms. The number of hydrogen-bond acceptors (Lipinski definition) is 6. The maximum absolute atomic E-state index is 10.8. The molecule has 0 heterocycles. The summed E-state index contributed by atoms with van der Waals surface area (Å²) >= 11 is 0. The zero-order valence-corrected chi connectivity index (χ0v) is 21.3. The van der Waals surface area contributed by atoms with Crippen molar-refractivity contribution in [3.63, 3.8) is 0 Å². The molecular formula is C28H52N2O4. The molecule has 4 rings (SSSR count). The van der Waals surface area contributed by atoms with Gasteiger partial charge in [-0.15, -0.1) is 0 Å². The van der Waals surface area contributed by atoms with E-state index in [4.69, 9.17) is 0 Å². The summed E-state index contributed by atoms with van der Waals surface area (Å²) in [6, 6.07) is 0.654. The molecule has 0 aromatic rings. The molecular weight excluding hydrogens is 428 g/mol. The van der Waals surface area contributed by atoms with E-state index in [1.807, 2.05) is 0 Å². The van der Waals surface area contributed by atoms with Gasteiger partial charge in [0.1, 0.15) is 0 Å². The van der Waals surface area contributed by atoms with E-state index in [2.05, 4.69) is 10.6 Å². The third kappa shape index (κ3) is 7.17. The van der Waals surface area contributed by atoms with Gasteiger partial charge in [0.25, 0.3) is 0 Å². The first-order valence-electron chi connectivity index (χ1n) is 14.7. The molecule has 0 bridgehead atoms. The van der Waals surface area contributed by atoms with Crippen LogP contribution in [-0.2, 0) is 0 Å². The second-order valence-corrected chi connectivity index (χ2v) is 12.2. The van der Waals surface area contributed by atoms with E-state index in [0.717, 1.165) is 38.8 Å². The summed E-state index contributed by atoms with van der Waals surface area (Å²) < 4.78 is 0. The predicted octanol–water partition coefficient (Wildman–Crippen LogP) is 3.11. The van der Waals surface area contributed by atoms with Gasteiger partial charge in [0.2, 0.25) is 0 Å². The Balaban J connectivity index is 1.34. The first kappa shape index (κ1) is 26.8. The van der Waals surface area contributed by atoms with Crippen molar-refractivity contribution < 1.29 is 20.4 Å². The highest BCUT2D eigenvalue weighted by molar-refractivity contribution is 4.94. The summed E-state index contributed by atoms with van der Waals surface area (Å²) in [5.74, 6) is 1.73. The lowest BCUT2D eigenvalue weighted by Gasteiger charge is -2.43. The second kappa shape index (κ2) is 13.3. The minimum atomic E-state index is -0.407. The minimum Gasteiger partial charge on any atom is -0.393 e. The lowest BCUT2D eigenvalue weighted by molar-refractivity contribution is -0.0256. The Bertz CT molecular complexity index is 531. The van der Waals surface area contributed by atoms with Gasteiger partial charge in [-0.2, -0.15) is 0 Å². The monoisotopic (exact) mass is 480 g/mol. The van der Waals surface area contributed by atoms with E-state index >= 15 is 0 Å². The average Bonchev–Trinajstić information content (AvgIpc) is 2.84. The van der Waals surface area contributed by atoms with Gasteiger partial charge in [-0.25, -0.2) is 0 Å². The highest BCUT2D eigenvalue weighted by Crippen LogP contribution is 2.37. The summed E-state index contributed by atoms with van der Waals surface area (Å²) in [7, 11) is 0. The summed E-state index contributed by atoms with van der Waals surface area (Å²) in [5, 5.41) is 49.4. The number of nitrogens with one attached hydrogen (secondary N) is 2. The molecule has 8 unspecified atom stereocenters. The van der Waals surface area contributed by atoms with Crippen molar-refractivity contribution in [2.24, 2.45) is 23.7 Å². The number of rotatable bonds is 9. The van der Waals surface area contributed by atoms with Crippen molar-refractivity contribution in [3.8, 4) is 0 Å². The van der Waals surface area contributed by atoms with Crippen LogP contribution in [0.5, 0.6) is 0 Å². The quantitative estimate of drug-likeness (QED) is 0.283. The Morgan fingerprint density at radius 2 is 0.882 bits per heavy atom. The second-order valence-electron chi connectivity index (χ2n) is 12.2. The first-order valence-corrected chi connectivity index (χ1v) is 14.7. The molecule has 4 saturated carbocycles. The van der Waals surface area contributed by atoms with E-state index in [-0.39, 0.29) is 24.0 Å². The molecule has 6 nitrogen and oxygen atoms in total. The van der Waals surface area contributed by atoms with Crippen molar-refractivity contribution in [2.45, 2.75) is 139 Å². The highest BCUT2D eigenvalue weighted by Gasteiger charge is 2.39. The number of hydrogen-bond donors (Lipinski definition) is 6. The summed E-state index contributed by atoms with van der Waals surface area (Å²) in [4.78, 5) is 0. The van der Waals surface area contributed by atoms with Crippen molar-refractivity contribution in [1.29, 1.82) is 0 Å². The molecule has 198 valence electrons. The molecule has 0 aromatic heterocycles. The van der Waals surface area contributed by atoms with Gasteiger partial charge in [-0.3, -0.25) is 0 Å². The van der Waals surface area contributed by atoms with Crippen LogP contribution in [0, 0.1) is 23.7 Å². The maximum atomic E-state index is 10.8. The van der Waals surface area contributed by atoms with Crippen LogP contribution >= 0.6 is 0 Å². The van der Waals surface area contributed by atoms with E-state index in [1.165, 1.54) is 64.2 Å². The molecule has 0 aliphatic heterocycles. The zero-order chi connectivity index (χ0) is 23.9. The summed E-state index contributed by atoms with van der Waals surface area (Å²) in [5.41, 5.74) is 0. The minimum absolute atomic E-state index is 0.238. The molecule has 8 atom stereocenters. The fourth-order valence-electron chi connectivity index (χ4n) is 7.93. The number of aliphatic hydroxyl groups excluding tert-OH is 4. The third-order valence-corrected chi connectivity index (χ3v) is 9.81. The van der Waals surface area contributed by atoms with Crippen LogP contribution in [0.1, 0.15) is 103 Å². The molecule has 0 saturated heterocycles. The molecule has 6 heteroatoms. The average molecular weight is 481 g/mol. The Labute approximate surface area is 207 Å². The van der Waals surface area contributed by atoms with Crippen LogP contribution < -0.4 is 10.6 Å². The lowest BCUT2D eigenvalue weighted by atomic mass is 9.71. The largest absolute Gasteiger partial charge is 0.393 e. The summed E-state index contributed by atoms with van der Waals surface area (Å²) in [6.45, 7) is 1.75. The Hall–Kier alpha value is -0.240. The maximum Gasteiger partial charge on any atom is 0.0608 e. The van der Waals surface area contributed by atoms with Crippen LogP contribution in [-0.4, -0.2) is 70.0 Å². The fourth-order valence-corrected chi connectivity index (χ4v) is 7.93. The van der Waals surface area contributed by atoms with Gasteiger partial charge < -0.3 is 31.1 Å². The molecule has 4 aliphatic rings. The topological polar surface area (TPSA) is 105 Å². The normalized spacial score (nSPS) is 38.5. The molecule has 4 aliphatic carbocycles. The first-order chi connectivity index (χ1) is 16.5. The predicted molar refractivity (Wildman–Crippen MR) is 135 cm³/mol. The van der Waals surface area contributed by atoms with E-state index < -0.39 is 12.2 Å². The van der Waals surface area contributed by atoms with Crippen molar-refractivity contribution in [2.75, 3.05) is 13.1 Å². The SMILES string of the molecule is OC1CCC(C(NCCNC(C2CCCCC2)C2CCC(O)CC2O)C2CCCCC2)C(O)C1. The Kier molecular flexibility index (Phi) is 10.5. The lowest BCUT2D eigenvalue weighted by Crippen LogP contribution is -2.54. The Morgan fingerprint density at radius 1 is 0.500 bits per heavy atom. The van der Waals surface area contributed by atoms with E-state index in [1.54, 1.807) is 0 Å². The molecule has 34 heavy (non-hydrogen) atoms. The van der Waals surface area contributed by atoms with Crippen LogP contribution in [0.3, 0.4) is 0 Å². The molecule has 0 aromatic carbocycles. The van der Waals surface area contributed by atoms with E-state index in [0.29, 0.717) is 36.8 Å². The van der Waals surface area contributed by atoms with Crippen molar-refractivity contribution in [1.82, 2.24) is 10.6 Å². The van der Waals surface area contributed by atoms with Crippen LogP contribution in [0.2, 0.25) is 0 Å². The van der Waals surface area contributed by atoms with Crippen molar-refractivity contribution >= 4 is 0 Å². The van der Waals surface area contributed by atoms with Crippen LogP contribution in [0.4, 0.5) is 0 Å². The van der Waals surface area contributed by atoms with Crippen LogP contribution in [0.25, 0.3) is 0 Å². The van der Waals surface area contributed by atoms with Crippen molar-refractivity contribution in [3.05, 3.63) is 0 Å². The molecule has 6 N–H and O–H groups in total. The number of aliphatic hydroxyl groups is 4. The van der Waals surface area contributed by atoms with Gasteiger partial charge in [0, 0.05) is 37.0 Å². The molecule has 4 fully saturated rings. The van der Waals surface area contributed by atoms with Gasteiger partial charge in [0.05, 0.1) is 24.4 Å². The van der Waals surface area contributed by atoms with Gasteiger partial charge in [-0.05, 0) is 76.0 Å². The van der Waals surface area contributed by atoms with Gasteiger partial charge in [-0.1, -0.05) is 38.5 Å². The third-order valence-electron chi connectivity index (χ3n) is 9.81. The molecule has 0 amide bonds. The zero-order valence-electron chi connectivity index (χ0n) is 21.3. The summed E-state index contributed by atoms with van der Waals surface area (Å²) in [6.07, 6.45) is 15.8. The van der Waals surface area contributed by atoms with E-state index in [9.17, 15) is 20.4 Å². The highest BCUT2D eigenvalue weighted by atomic mass is 16.3. The molecule has 0 radical (unpaired) electrons.